The van der Waals surface area contributed by atoms with Gasteiger partial charge in [0.15, 0.2) is 0 Å². The number of rotatable bonds is 3. The lowest BCUT2D eigenvalue weighted by atomic mass is 9.95. The molecule has 1 aliphatic carbocycles. The summed E-state index contributed by atoms with van der Waals surface area (Å²) >= 11 is 0. The topological polar surface area (TPSA) is 46.2 Å². The highest BCUT2D eigenvalue weighted by Crippen LogP contribution is 2.37. The van der Waals surface area contributed by atoms with Crippen molar-refractivity contribution in [3.8, 4) is 0 Å². The highest BCUT2D eigenvalue weighted by molar-refractivity contribution is 5.29. The molecule has 14 heavy (non-hydrogen) atoms. The maximum absolute atomic E-state index is 9.91. The summed E-state index contributed by atoms with van der Waals surface area (Å²) in [6, 6.07) is 7.79. The minimum Gasteiger partial charge on any atom is -0.391 e. The molecule has 3 N–H and O–H groups in total. The van der Waals surface area contributed by atoms with E-state index >= 15 is 0 Å². The number of hydrogen-bond acceptors (Lipinski definition) is 2. The molecule has 0 spiro atoms. The van der Waals surface area contributed by atoms with Crippen molar-refractivity contribution < 1.29 is 5.11 Å². The zero-order valence-electron chi connectivity index (χ0n) is 8.48. The Hall–Kier alpha value is -0.860. The molecule has 2 atom stereocenters. The SMILES string of the molecule is Cc1ccccc1[C@@H](N)[C@@H](O)C1CC1. The number of aryl methyl sites for hydroxylation is 1. The van der Waals surface area contributed by atoms with E-state index in [0.717, 1.165) is 18.4 Å². The lowest BCUT2D eigenvalue weighted by molar-refractivity contribution is 0.122. The molecule has 0 radical (unpaired) electrons. The molecule has 1 fully saturated rings. The van der Waals surface area contributed by atoms with Crippen LogP contribution < -0.4 is 5.73 Å². The second kappa shape index (κ2) is 3.71. The van der Waals surface area contributed by atoms with Crippen molar-refractivity contribution in [3.05, 3.63) is 35.4 Å². The van der Waals surface area contributed by atoms with Crippen LogP contribution in [0.15, 0.2) is 24.3 Å². The van der Waals surface area contributed by atoms with Crippen LogP contribution in [-0.4, -0.2) is 11.2 Å². The second-order valence-electron chi connectivity index (χ2n) is 4.21. The molecule has 0 aliphatic heterocycles. The fourth-order valence-corrected chi connectivity index (χ4v) is 1.88. The first-order valence-corrected chi connectivity index (χ1v) is 5.19. The van der Waals surface area contributed by atoms with Crippen molar-refractivity contribution in [1.82, 2.24) is 0 Å². The van der Waals surface area contributed by atoms with E-state index in [4.69, 9.17) is 5.73 Å². The van der Waals surface area contributed by atoms with Crippen LogP contribution >= 0.6 is 0 Å². The number of nitrogens with two attached hydrogens (primary N) is 1. The Balaban J connectivity index is 2.17. The van der Waals surface area contributed by atoms with Crippen LogP contribution in [0, 0.1) is 12.8 Å². The summed E-state index contributed by atoms with van der Waals surface area (Å²) in [5.41, 5.74) is 8.27. The molecule has 76 valence electrons. The summed E-state index contributed by atoms with van der Waals surface area (Å²) in [6.07, 6.45) is 1.89. The Labute approximate surface area is 84.7 Å². The molecule has 1 aromatic carbocycles. The molecule has 0 amide bonds. The predicted octanol–water partition coefficient (Wildman–Crippen LogP) is 1.77. The standard InChI is InChI=1S/C12H17NO/c1-8-4-2-3-5-10(8)11(13)12(14)9-6-7-9/h2-5,9,11-12,14H,6-7,13H2,1H3/t11-,12+/m1/s1. The summed E-state index contributed by atoms with van der Waals surface area (Å²) in [7, 11) is 0. The number of benzene rings is 1. The normalized spacial score (nSPS) is 20.5. The maximum atomic E-state index is 9.91. The molecule has 2 rings (SSSR count). The van der Waals surface area contributed by atoms with Gasteiger partial charge in [0.25, 0.3) is 0 Å². The molecule has 2 nitrogen and oxygen atoms in total. The third-order valence-electron chi connectivity index (χ3n) is 3.02. The first-order chi connectivity index (χ1) is 6.70. The van der Waals surface area contributed by atoms with Crippen molar-refractivity contribution in [2.75, 3.05) is 0 Å². The van der Waals surface area contributed by atoms with Crippen molar-refractivity contribution in [2.45, 2.75) is 31.9 Å². The van der Waals surface area contributed by atoms with Gasteiger partial charge >= 0.3 is 0 Å². The Bertz CT molecular complexity index is 320. The molecule has 0 heterocycles. The Morgan fingerprint density at radius 2 is 2.00 bits per heavy atom. The number of aliphatic hydroxyl groups is 1. The fraction of sp³-hybridized carbons (Fsp3) is 0.500. The van der Waals surface area contributed by atoms with E-state index in [1.54, 1.807) is 0 Å². The van der Waals surface area contributed by atoms with E-state index in [-0.39, 0.29) is 12.1 Å². The van der Waals surface area contributed by atoms with E-state index in [0.29, 0.717) is 5.92 Å². The summed E-state index contributed by atoms with van der Waals surface area (Å²) in [4.78, 5) is 0. The van der Waals surface area contributed by atoms with Gasteiger partial charge in [-0.2, -0.15) is 0 Å². The van der Waals surface area contributed by atoms with E-state index in [1.807, 2.05) is 31.2 Å². The third-order valence-corrected chi connectivity index (χ3v) is 3.02. The Morgan fingerprint density at radius 1 is 1.36 bits per heavy atom. The Morgan fingerprint density at radius 3 is 2.57 bits per heavy atom. The van der Waals surface area contributed by atoms with Gasteiger partial charge in [-0.15, -0.1) is 0 Å². The molecule has 1 saturated carbocycles. The van der Waals surface area contributed by atoms with E-state index in [9.17, 15) is 5.11 Å². The van der Waals surface area contributed by atoms with Crippen LogP contribution in [-0.2, 0) is 0 Å². The number of hydrogen-bond donors (Lipinski definition) is 2. The van der Waals surface area contributed by atoms with Gasteiger partial charge in [0.05, 0.1) is 12.1 Å². The van der Waals surface area contributed by atoms with Gasteiger partial charge in [-0.25, -0.2) is 0 Å². The summed E-state index contributed by atoms with van der Waals surface area (Å²) in [5.74, 6) is 0.435. The van der Waals surface area contributed by atoms with Crippen molar-refractivity contribution >= 4 is 0 Å². The fourth-order valence-electron chi connectivity index (χ4n) is 1.88. The first kappa shape index (κ1) is 9.69. The summed E-state index contributed by atoms with van der Waals surface area (Å²) in [6.45, 7) is 2.04. The van der Waals surface area contributed by atoms with Gasteiger partial charge in [-0.3, -0.25) is 0 Å². The van der Waals surface area contributed by atoms with Crippen LogP contribution in [0.4, 0.5) is 0 Å². The van der Waals surface area contributed by atoms with Gasteiger partial charge < -0.3 is 10.8 Å². The summed E-state index contributed by atoms with van der Waals surface area (Å²) < 4.78 is 0. The highest BCUT2D eigenvalue weighted by Gasteiger charge is 2.34. The van der Waals surface area contributed by atoms with E-state index in [2.05, 4.69) is 0 Å². The molecular weight excluding hydrogens is 174 g/mol. The van der Waals surface area contributed by atoms with Gasteiger partial charge in [-0.05, 0) is 36.8 Å². The maximum Gasteiger partial charge on any atom is 0.0760 e. The van der Waals surface area contributed by atoms with E-state index < -0.39 is 0 Å². The van der Waals surface area contributed by atoms with Crippen molar-refractivity contribution in [1.29, 1.82) is 0 Å². The van der Waals surface area contributed by atoms with Gasteiger partial charge in [0.1, 0.15) is 0 Å². The van der Waals surface area contributed by atoms with Crippen LogP contribution in [0.3, 0.4) is 0 Å². The summed E-state index contributed by atoms with van der Waals surface area (Å²) in [5, 5.41) is 9.91. The molecule has 1 aliphatic rings. The molecular formula is C12H17NO. The zero-order chi connectivity index (χ0) is 10.1. The number of aliphatic hydroxyl groups excluding tert-OH is 1. The Kier molecular flexibility index (Phi) is 2.57. The van der Waals surface area contributed by atoms with Gasteiger partial charge in [0.2, 0.25) is 0 Å². The van der Waals surface area contributed by atoms with Gasteiger partial charge in [0, 0.05) is 0 Å². The quantitative estimate of drug-likeness (QED) is 0.764. The van der Waals surface area contributed by atoms with Crippen LogP contribution in [0.5, 0.6) is 0 Å². The minimum atomic E-state index is -0.365. The lowest BCUT2D eigenvalue weighted by Gasteiger charge is -2.20. The third kappa shape index (κ3) is 1.81. The van der Waals surface area contributed by atoms with Crippen molar-refractivity contribution in [2.24, 2.45) is 11.7 Å². The largest absolute Gasteiger partial charge is 0.391 e. The molecule has 0 aromatic heterocycles. The average Bonchev–Trinajstić information content (AvgIpc) is 3.00. The average molecular weight is 191 g/mol. The van der Waals surface area contributed by atoms with Crippen LogP contribution in [0.2, 0.25) is 0 Å². The molecule has 0 unspecified atom stereocenters. The monoisotopic (exact) mass is 191 g/mol. The first-order valence-electron chi connectivity index (χ1n) is 5.19. The molecule has 2 heteroatoms. The molecule has 0 saturated heterocycles. The minimum absolute atomic E-state index is 0.219. The predicted molar refractivity (Wildman–Crippen MR) is 56.8 cm³/mol. The second-order valence-corrected chi connectivity index (χ2v) is 4.21. The highest BCUT2D eigenvalue weighted by atomic mass is 16.3. The smallest absolute Gasteiger partial charge is 0.0760 e. The molecule has 0 bridgehead atoms. The van der Waals surface area contributed by atoms with Crippen LogP contribution in [0.25, 0.3) is 0 Å². The van der Waals surface area contributed by atoms with Crippen LogP contribution in [0.1, 0.15) is 30.0 Å². The van der Waals surface area contributed by atoms with Gasteiger partial charge in [-0.1, -0.05) is 24.3 Å². The molecule has 1 aromatic rings. The van der Waals surface area contributed by atoms with Crippen molar-refractivity contribution in [3.63, 3.8) is 0 Å². The van der Waals surface area contributed by atoms with E-state index in [1.165, 1.54) is 5.56 Å². The lowest BCUT2D eigenvalue weighted by Crippen LogP contribution is -2.28. The zero-order valence-corrected chi connectivity index (χ0v) is 8.48.